The molecule has 1 aliphatic carbocycles. The number of anilines is 2. The second-order valence-electron chi connectivity index (χ2n) is 5.19. The van der Waals surface area contributed by atoms with Crippen molar-refractivity contribution in [3.05, 3.63) is 39.3 Å². The highest BCUT2D eigenvalue weighted by Crippen LogP contribution is 2.39. The highest BCUT2D eigenvalue weighted by Gasteiger charge is 2.25. The molecule has 1 atom stereocenters. The van der Waals surface area contributed by atoms with Gasteiger partial charge in [0.05, 0.1) is 22.4 Å². The predicted octanol–water partition coefficient (Wildman–Crippen LogP) is 5.45. The molecule has 2 aromatic rings. The Morgan fingerprint density at radius 1 is 1.43 bits per heavy atom. The van der Waals surface area contributed by atoms with Gasteiger partial charge in [-0.15, -0.1) is 0 Å². The van der Waals surface area contributed by atoms with Gasteiger partial charge in [0.25, 0.3) is 0 Å². The number of rotatable bonds is 5. The van der Waals surface area contributed by atoms with Crippen LogP contribution in [0.4, 0.5) is 10.8 Å². The summed E-state index contributed by atoms with van der Waals surface area (Å²) in [7, 11) is 0. The fraction of sp³-hybridized carbons (Fsp3) is 0.438. The van der Waals surface area contributed by atoms with Crippen LogP contribution >= 0.6 is 27.3 Å². The van der Waals surface area contributed by atoms with Crippen LogP contribution in [0, 0.1) is 0 Å². The minimum Gasteiger partial charge on any atom is -0.373 e. The van der Waals surface area contributed by atoms with Gasteiger partial charge >= 0.3 is 0 Å². The number of aryl methyl sites for hydroxylation is 1. The summed E-state index contributed by atoms with van der Waals surface area (Å²) in [5.74, 6) is 0. The number of fused-ring (bicyclic) bond motifs is 1. The summed E-state index contributed by atoms with van der Waals surface area (Å²) in [6.07, 6.45) is 4.65. The molecule has 0 radical (unpaired) electrons. The number of halogens is 1. The smallest absolute Gasteiger partial charge is 0.187 e. The van der Waals surface area contributed by atoms with Gasteiger partial charge in [0.1, 0.15) is 0 Å². The Balaban J connectivity index is 1.80. The molecule has 112 valence electrons. The largest absolute Gasteiger partial charge is 0.373 e. The fourth-order valence-electron chi connectivity index (χ4n) is 2.53. The van der Waals surface area contributed by atoms with Gasteiger partial charge in [-0.05, 0) is 53.7 Å². The van der Waals surface area contributed by atoms with Crippen LogP contribution in [0.25, 0.3) is 0 Å². The maximum Gasteiger partial charge on any atom is 0.187 e. The van der Waals surface area contributed by atoms with Gasteiger partial charge in [-0.3, -0.25) is 0 Å². The standard InChI is InChI=1S/C16H19BrN2OS/c1-2-10-20-14-9-5-8-13-15(14)21-16(19-13)18-12-7-4-3-6-11(12)17/h3-4,6-7,14H,2,5,8-10H2,1H3,(H,18,19). The molecule has 1 heterocycles. The van der Waals surface area contributed by atoms with Gasteiger partial charge in [-0.1, -0.05) is 30.4 Å². The molecule has 1 N–H and O–H groups in total. The van der Waals surface area contributed by atoms with Crippen molar-refractivity contribution in [2.45, 2.75) is 38.7 Å². The molecule has 0 saturated heterocycles. The van der Waals surface area contributed by atoms with Crippen molar-refractivity contribution in [2.75, 3.05) is 11.9 Å². The van der Waals surface area contributed by atoms with Crippen molar-refractivity contribution in [1.82, 2.24) is 4.98 Å². The Kier molecular flexibility index (Phi) is 4.93. The summed E-state index contributed by atoms with van der Waals surface area (Å²) in [5, 5.41) is 4.37. The first-order valence-corrected chi connectivity index (χ1v) is 9.01. The lowest BCUT2D eigenvalue weighted by atomic mass is 10.0. The monoisotopic (exact) mass is 366 g/mol. The van der Waals surface area contributed by atoms with Gasteiger partial charge in [-0.25, -0.2) is 4.98 Å². The maximum absolute atomic E-state index is 5.98. The molecule has 1 unspecified atom stereocenters. The summed E-state index contributed by atoms with van der Waals surface area (Å²) < 4.78 is 7.03. The third kappa shape index (κ3) is 3.47. The van der Waals surface area contributed by atoms with Crippen LogP contribution in [0.3, 0.4) is 0 Å². The fourth-order valence-corrected chi connectivity index (χ4v) is 4.02. The third-order valence-corrected chi connectivity index (χ3v) is 5.34. The molecule has 0 saturated carbocycles. The van der Waals surface area contributed by atoms with E-state index in [0.717, 1.165) is 41.2 Å². The van der Waals surface area contributed by atoms with E-state index in [1.807, 2.05) is 18.2 Å². The predicted molar refractivity (Wildman–Crippen MR) is 91.5 cm³/mol. The van der Waals surface area contributed by atoms with Crippen molar-refractivity contribution in [1.29, 1.82) is 0 Å². The number of hydrogen-bond acceptors (Lipinski definition) is 4. The first-order valence-electron chi connectivity index (χ1n) is 7.40. The highest BCUT2D eigenvalue weighted by molar-refractivity contribution is 9.10. The Bertz CT molecular complexity index is 614. The molecule has 0 aliphatic heterocycles. The zero-order chi connectivity index (χ0) is 14.7. The van der Waals surface area contributed by atoms with E-state index in [0.29, 0.717) is 0 Å². The first kappa shape index (κ1) is 15.0. The van der Waals surface area contributed by atoms with E-state index >= 15 is 0 Å². The van der Waals surface area contributed by atoms with Gasteiger partial charge in [0.2, 0.25) is 0 Å². The topological polar surface area (TPSA) is 34.1 Å². The van der Waals surface area contributed by atoms with Gasteiger partial charge in [0, 0.05) is 11.1 Å². The molecule has 21 heavy (non-hydrogen) atoms. The zero-order valence-corrected chi connectivity index (χ0v) is 14.5. The van der Waals surface area contributed by atoms with Crippen LogP contribution in [-0.4, -0.2) is 11.6 Å². The molecule has 0 bridgehead atoms. The summed E-state index contributed by atoms with van der Waals surface area (Å²) in [6, 6.07) is 8.11. The van der Waals surface area contributed by atoms with Crippen LogP contribution in [0.5, 0.6) is 0 Å². The SMILES string of the molecule is CCCOC1CCCc2nc(Nc3ccccc3Br)sc21. The molecule has 5 heteroatoms. The van der Waals surface area contributed by atoms with Crippen molar-refractivity contribution in [3.63, 3.8) is 0 Å². The summed E-state index contributed by atoms with van der Waals surface area (Å²) in [4.78, 5) is 6.06. The minimum atomic E-state index is 0.237. The summed E-state index contributed by atoms with van der Waals surface area (Å²) in [6.45, 7) is 2.98. The van der Waals surface area contributed by atoms with E-state index in [1.165, 1.54) is 17.0 Å². The molecule has 0 fully saturated rings. The average Bonchev–Trinajstić information content (AvgIpc) is 2.90. The second kappa shape index (κ2) is 6.90. The van der Waals surface area contributed by atoms with Crippen LogP contribution in [0.1, 0.15) is 42.9 Å². The molecule has 1 aromatic heterocycles. The van der Waals surface area contributed by atoms with E-state index in [9.17, 15) is 0 Å². The van der Waals surface area contributed by atoms with Gasteiger partial charge < -0.3 is 10.1 Å². The zero-order valence-electron chi connectivity index (χ0n) is 12.1. The van der Waals surface area contributed by atoms with Crippen LogP contribution in [0.2, 0.25) is 0 Å². The number of nitrogens with one attached hydrogen (secondary N) is 1. The molecule has 0 spiro atoms. The van der Waals surface area contributed by atoms with Crippen molar-refractivity contribution in [2.24, 2.45) is 0 Å². The van der Waals surface area contributed by atoms with E-state index in [1.54, 1.807) is 11.3 Å². The lowest BCUT2D eigenvalue weighted by Gasteiger charge is -2.21. The average molecular weight is 367 g/mol. The number of hydrogen-bond donors (Lipinski definition) is 1. The van der Waals surface area contributed by atoms with Crippen LogP contribution in [0.15, 0.2) is 28.7 Å². The number of ether oxygens (including phenoxy) is 1. The Morgan fingerprint density at radius 3 is 3.10 bits per heavy atom. The Labute approximate surface area is 137 Å². The highest BCUT2D eigenvalue weighted by atomic mass is 79.9. The Morgan fingerprint density at radius 2 is 2.29 bits per heavy atom. The number of aromatic nitrogens is 1. The summed E-state index contributed by atoms with van der Waals surface area (Å²) in [5.41, 5.74) is 2.26. The number of benzene rings is 1. The number of thiazole rings is 1. The summed E-state index contributed by atoms with van der Waals surface area (Å²) >= 11 is 5.29. The second-order valence-corrected chi connectivity index (χ2v) is 7.07. The van der Waals surface area contributed by atoms with Crippen LogP contribution < -0.4 is 5.32 Å². The number of para-hydroxylation sites is 1. The normalized spacial score (nSPS) is 17.5. The van der Waals surface area contributed by atoms with Crippen molar-refractivity contribution >= 4 is 38.1 Å². The third-order valence-electron chi connectivity index (χ3n) is 3.54. The van der Waals surface area contributed by atoms with Gasteiger partial charge in [-0.2, -0.15) is 0 Å². The Hall–Kier alpha value is -0.910. The van der Waals surface area contributed by atoms with Crippen molar-refractivity contribution in [3.8, 4) is 0 Å². The number of nitrogens with zero attached hydrogens (tertiary/aromatic N) is 1. The minimum absolute atomic E-state index is 0.237. The van der Waals surface area contributed by atoms with Gasteiger partial charge in [0.15, 0.2) is 5.13 Å². The lowest BCUT2D eigenvalue weighted by Crippen LogP contribution is -2.11. The van der Waals surface area contributed by atoms with E-state index in [-0.39, 0.29) is 6.10 Å². The molecular weight excluding hydrogens is 348 g/mol. The van der Waals surface area contributed by atoms with E-state index in [2.05, 4.69) is 34.2 Å². The van der Waals surface area contributed by atoms with E-state index < -0.39 is 0 Å². The first-order chi connectivity index (χ1) is 10.3. The molecule has 0 amide bonds. The molecule has 1 aromatic carbocycles. The van der Waals surface area contributed by atoms with Crippen LogP contribution in [-0.2, 0) is 11.2 Å². The van der Waals surface area contributed by atoms with E-state index in [4.69, 9.17) is 9.72 Å². The molecule has 1 aliphatic rings. The maximum atomic E-state index is 5.98. The quantitative estimate of drug-likeness (QED) is 0.763. The van der Waals surface area contributed by atoms with Crippen molar-refractivity contribution < 1.29 is 4.74 Å². The molecule has 3 rings (SSSR count). The molecular formula is C16H19BrN2OS. The lowest BCUT2D eigenvalue weighted by molar-refractivity contribution is 0.0434. The molecule has 3 nitrogen and oxygen atoms in total.